The molecule has 0 unspecified atom stereocenters. The lowest BCUT2D eigenvalue weighted by atomic mass is 9.82. The predicted octanol–water partition coefficient (Wildman–Crippen LogP) is -0.142. The van der Waals surface area contributed by atoms with Crippen LogP contribution >= 0.6 is 0 Å². The Hall–Kier alpha value is -2.85. The molecule has 1 aliphatic heterocycles. The van der Waals surface area contributed by atoms with Crippen LogP contribution in [0.25, 0.3) is 5.69 Å². The molecule has 0 radical (unpaired) electrons. The topological polar surface area (TPSA) is 117 Å². The second-order valence-corrected chi connectivity index (χ2v) is 7.68. The van der Waals surface area contributed by atoms with Crippen molar-refractivity contribution in [3.05, 3.63) is 42.2 Å². The molecular formula is C23H24N2O6. The molecule has 8 heteroatoms. The van der Waals surface area contributed by atoms with Crippen LogP contribution in [0, 0.1) is 29.6 Å². The molecule has 1 saturated carbocycles. The van der Waals surface area contributed by atoms with E-state index in [1.54, 1.807) is 24.2 Å². The molecule has 0 amide bonds. The number of aromatic nitrogens is 2. The van der Waals surface area contributed by atoms with Crippen molar-refractivity contribution in [3.63, 3.8) is 0 Å². The minimum absolute atomic E-state index is 0.167. The maximum atomic E-state index is 11.0. The third-order valence-electron chi connectivity index (χ3n) is 5.37. The van der Waals surface area contributed by atoms with Crippen LogP contribution in [-0.4, -0.2) is 73.9 Å². The fourth-order valence-corrected chi connectivity index (χ4v) is 3.27. The van der Waals surface area contributed by atoms with E-state index in [4.69, 9.17) is 9.47 Å². The Labute approximate surface area is 180 Å². The molecule has 2 heterocycles. The second-order valence-electron chi connectivity index (χ2n) is 7.68. The Morgan fingerprint density at radius 3 is 2.61 bits per heavy atom. The van der Waals surface area contributed by atoms with Crippen LogP contribution in [-0.2, 0) is 4.74 Å². The molecule has 1 aromatic carbocycles. The quantitative estimate of drug-likeness (QED) is 0.507. The first-order valence-corrected chi connectivity index (χ1v) is 10.0. The summed E-state index contributed by atoms with van der Waals surface area (Å²) in [5, 5.41) is 45.5. The predicted molar refractivity (Wildman–Crippen MR) is 110 cm³/mol. The summed E-state index contributed by atoms with van der Waals surface area (Å²) >= 11 is 0. The molecule has 8 nitrogen and oxygen atoms in total. The first kappa shape index (κ1) is 21.4. The van der Waals surface area contributed by atoms with Crippen molar-refractivity contribution in [2.75, 3.05) is 13.7 Å². The summed E-state index contributed by atoms with van der Waals surface area (Å²) in [7, 11) is 1.59. The van der Waals surface area contributed by atoms with Crippen molar-refractivity contribution in [3.8, 4) is 35.1 Å². The zero-order chi connectivity index (χ0) is 22.0. The molecule has 2 aliphatic rings. The van der Waals surface area contributed by atoms with Gasteiger partial charge in [0.05, 0.1) is 31.2 Å². The average Bonchev–Trinajstić information content (AvgIpc) is 3.51. The highest BCUT2D eigenvalue weighted by Crippen LogP contribution is 2.32. The van der Waals surface area contributed by atoms with Crippen LogP contribution in [0.4, 0.5) is 0 Å². The highest BCUT2D eigenvalue weighted by molar-refractivity contribution is 5.41. The van der Waals surface area contributed by atoms with E-state index in [2.05, 4.69) is 28.8 Å². The summed E-state index contributed by atoms with van der Waals surface area (Å²) < 4.78 is 12.4. The van der Waals surface area contributed by atoms with Crippen LogP contribution in [0.5, 0.6) is 5.75 Å². The number of aliphatic hydroxyl groups is 4. The van der Waals surface area contributed by atoms with E-state index in [9.17, 15) is 20.4 Å². The van der Waals surface area contributed by atoms with Gasteiger partial charge in [0, 0.05) is 12.1 Å². The van der Waals surface area contributed by atoms with Gasteiger partial charge < -0.3 is 29.9 Å². The van der Waals surface area contributed by atoms with Crippen LogP contribution in [0.15, 0.2) is 36.7 Å². The Bertz CT molecular complexity index is 1040. The lowest BCUT2D eigenvalue weighted by Crippen LogP contribution is -2.65. The molecule has 0 spiro atoms. The van der Waals surface area contributed by atoms with Crippen molar-refractivity contribution < 1.29 is 29.9 Å². The number of benzene rings is 1. The Kier molecular flexibility index (Phi) is 6.01. The van der Waals surface area contributed by atoms with Crippen molar-refractivity contribution in [1.29, 1.82) is 0 Å². The number of hydrogen-bond acceptors (Lipinski definition) is 7. The van der Waals surface area contributed by atoms with Gasteiger partial charge in [0.25, 0.3) is 0 Å². The largest absolute Gasteiger partial charge is 0.497 e. The minimum Gasteiger partial charge on any atom is -0.497 e. The molecule has 1 saturated heterocycles. The zero-order valence-electron chi connectivity index (χ0n) is 17.0. The van der Waals surface area contributed by atoms with Crippen molar-refractivity contribution in [2.45, 2.75) is 42.9 Å². The van der Waals surface area contributed by atoms with E-state index < -0.39 is 36.6 Å². The van der Waals surface area contributed by atoms with Crippen molar-refractivity contribution >= 4 is 0 Å². The molecule has 5 atom stereocenters. The molecule has 162 valence electrons. The fraction of sp³-hybridized carbons (Fsp3) is 0.435. The van der Waals surface area contributed by atoms with E-state index in [0.29, 0.717) is 5.56 Å². The number of hydrogen-bond donors (Lipinski definition) is 4. The third kappa shape index (κ3) is 4.45. The first-order chi connectivity index (χ1) is 14.9. The summed E-state index contributed by atoms with van der Waals surface area (Å²) in [6.45, 7) is -0.530. The lowest BCUT2D eigenvalue weighted by molar-refractivity contribution is -0.239. The van der Waals surface area contributed by atoms with E-state index in [-0.39, 0.29) is 5.92 Å². The molecule has 2 aromatic rings. The van der Waals surface area contributed by atoms with Gasteiger partial charge in [-0.05, 0) is 37.1 Å². The zero-order valence-corrected chi connectivity index (χ0v) is 17.0. The number of ether oxygens (including phenoxy) is 2. The second kappa shape index (κ2) is 8.72. The molecule has 4 N–H and O–H groups in total. The molecule has 1 aromatic heterocycles. The minimum atomic E-state index is -2.08. The summed E-state index contributed by atoms with van der Waals surface area (Å²) in [5.41, 5.74) is -0.710. The smallest absolute Gasteiger partial charge is 0.191 e. The monoisotopic (exact) mass is 424 g/mol. The van der Waals surface area contributed by atoms with E-state index in [1.807, 2.05) is 24.3 Å². The highest BCUT2D eigenvalue weighted by Gasteiger charge is 2.53. The van der Waals surface area contributed by atoms with Gasteiger partial charge in [-0.2, -0.15) is 5.10 Å². The molecule has 2 fully saturated rings. The molecular weight excluding hydrogens is 400 g/mol. The Balaban J connectivity index is 1.59. The molecule has 4 rings (SSSR count). The summed E-state index contributed by atoms with van der Waals surface area (Å²) in [6, 6.07) is 7.34. The number of methoxy groups -OCH3 is 1. The Morgan fingerprint density at radius 1 is 1.23 bits per heavy atom. The van der Waals surface area contributed by atoms with Crippen LogP contribution in [0.1, 0.15) is 18.4 Å². The van der Waals surface area contributed by atoms with Gasteiger partial charge >= 0.3 is 0 Å². The maximum absolute atomic E-state index is 11.0. The Morgan fingerprint density at radius 2 is 1.97 bits per heavy atom. The van der Waals surface area contributed by atoms with Gasteiger partial charge in [0.1, 0.15) is 24.1 Å². The van der Waals surface area contributed by atoms with Gasteiger partial charge in [-0.15, -0.1) is 0 Å². The molecule has 0 bridgehead atoms. The number of rotatable bonds is 3. The van der Waals surface area contributed by atoms with Gasteiger partial charge in [-0.25, -0.2) is 4.68 Å². The SMILES string of the molecule is COc1ccc(-n2cc(C#C[C@H]3O[C@H](CO)[C@@H](O)[C@H](O)[C@@]3(O)C#CC3CC3)cn2)cc1. The van der Waals surface area contributed by atoms with E-state index in [1.165, 1.54) is 0 Å². The summed E-state index contributed by atoms with van der Waals surface area (Å²) in [5.74, 6) is 12.1. The standard InChI is InChI=1S/C23H24N2O6/c1-30-18-7-5-17(6-8-18)25-13-16(12-24-25)4-9-20-23(29,11-10-15-2-3-15)22(28)21(27)19(14-26)31-20/h5-8,12-13,15,19-22,26-29H,2-3,14H2,1H3/t19-,20-,21-,22+,23-/m1/s1. The van der Waals surface area contributed by atoms with E-state index in [0.717, 1.165) is 24.3 Å². The molecule has 1 aliphatic carbocycles. The van der Waals surface area contributed by atoms with Crippen molar-refractivity contribution in [2.24, 2.45) is 5.92 Å². The number of nitrogens with zero attached hydrogens (tertiary/aromatic N) is 2. The average molecular weight is 424 g/mol. The normalized spacial score (nSPS) is 30.0. The van der Waals surface area contributed by atoms with Gasteiger partial charge in [0.2, 0.25) is 0 Å². The first-order valence-electron chi connectivity index (χ1n) is 10.0. The van der Waals surface area contributed by atoms with E-state index >= 15 is 0 Å². The highest BCUT2D eigenvalue weighted by atomic mass is 16.5. The van der Waals surface area contributed by atoms with Gasteiger partial charge in [-0.1, -0.05) is 23.7 Å². The summed E-state index contributed by atoms with van der Waals surface area (Å²) in [6.07, 6.45) is -0.292. The van der Waals surface area contributed by atoms with Crippen LogP contribution in [0.3, 0.4) is 0 Å². The van der Waals surface area contributed by atoms with Crippen LogP contribution in [0.2, 0.25) is 0 Å². The third-order valence-corrected chi connectivity index (χ3v) is 5.37. The fourth-order valence-electron chi connectivity index (χ4n) is 3.27. The lowest BCUT2D eigenvalue weighted by Gasteiger charge is -2.43. The molecule has 31 heavy (non-hydrogen) atoms. The number of aliphatic hydroxyl groups excluding tert-OH is 3. The van der Waals surface area contributed by atoms with Crippen molar-refractivity contribution in [1.82, 2.24) is 9.78 Å². The maximum Gasteiger partial charge on any atom is 0.191 e. The van der Waals surface area contributed by atoms with Gasteiger partial charge in [-0.3, -0.25) is 0 Å². The summed E-state index contributed by atoms with van der Waals surface area (Å²) in [4.78, 5) is 0. The van der Waals surface area contributed by atoms with Gasteiger partial charge in [0.15, 0.2) is 11.7 Å². The van der Waals surface area contributed by atoms with Crippen LogP contribution < -0.4 is 4.74 Å².